The minimum atomic E-state index is -0.272. The summed E-state index contributed by atoms with van der Waals surface area (Å²) in [5, 5.41) is 4.19. The van der Waals surface area contributed by atoms with Gasteiger partial charge in [0.2, 0.25) is 0 Å². The second-order valence-electron chi connectivity index (χ2n) is 7.41. The molecule has 4 nitrogen and oxygen atoms in total. The van der Waals surface area contributed by atoms with Crippen LogP contribution in [0.5, 0.6) is 0 Å². The number of aryl methyl sites for hydroxylation is 1. The van der Waals surface area contributed by atoms with E-state index in [0.717, 1.165) is 30.3 Å². The lowest BCUT2D eigenvalue weighted by Crippen LogP contribution is -2.35. The molecule has 28 heavy (non-hydrogen) atoms. The van der Waals surface area contributed by atoms with Gasteiger partial charge in [-0.2, -0.15) is 0 Å². The molecule has 1 aromatic heterocycles. The highest BCUT2D eigenvalue weighted by atomic mass is 16.1. The summed E-state index contributed by atoms with van der Waals surface area (Å²) >= 11 is 0. The third-order valence-corrected chi connectivity index (χ3v) is 5.12. The zero-order valence-corrected chi connectivity index (χ0v) is 16.8. The Morgan fingerprint density at radius 1 is 1.11 bits per heavy atom. The van der Waals surface area contributed by atoms with E-state index in [1.54, 1.807) is 6.20 Å². The highest BCUT2D eigenvalue weighted by Crippen LogP contribution is 2.22. The van der Waals surface area contributed by atoms with Crippen LogP contribution in [0.1, 0.15) is 58.5 Å². The molecular weight excluding hydrogens is 348 g/mol. The van der Waals surface area contributed by atoms with Crippen LogP contribution in [0.3, 0.4) is 0 Å². The lowest BCUT2D eigenvalue weighted by Gasteiger charge is -2.12. The highest BCUT2D eigenvalue weighted by Gasteiger charge is 2.19. The van der Waals surface area contributed by atoms with Gasteiger partial charge in [0.05, 0.1) is 6.04 Å². The van der Waals surface area contributed by atoms with Gasteiger partial charge < -0.3 is 10.3 Å². The fourth-order valence-electron chi connectivity index (χ4n) is 3.39. The van der Waals surface area contributed by atoms with Crippen LogP contribution in [-0.2, 0) is 6.42 Å². The van der Waals surface area contributed by atoms with Crippen molar-refractivity contribution < 1.29 is 9.59 Å². The zero-order chi connectivity index (χ0) is 20.1. The number of H-pyrrole nitrogens is 1. The maximum Gasteiger partial charge on any atom is 0.181 e. The zero-order valence-electron chi connectivity index (χ0n) is 16.8. The number of hydrogen-bond donors (Lipinski definition) is 2. The first-order valence-corrected chi connectivity index (χ1v) is 9.97. The molecule has 4 heteroatoms. The predicted octanol–water partition coefficient (Wildman–Crippen LogP) is 4.86. The maximum atomic E-state index is 12.9. The molecule has 2 N–H and O–H groups in total. The molecule has 0 aliphatic rings. The van der Waals surface area contributed by atoms with Crippen molar-refractivity contribution in [1.29, 1.82) is 0 Å². The molecular formula is C24H28N2O2. The smallest absolute Gasteiger partial charge is 0.181 e. The number of hydrogen-bond acceptors (Lipinski definition) is 3. The molecule has 0 unspecified atom stereocenters. The van der Waals surface area contributed by atoms with Crippen molar-refractivity contribution in [3.8, 4) is 0 Å². The summed E-state index contributed by atoms with van der Waals surface area (Å²) in [6, 6.07) is 13.7. The average Bonchev–Trinajstić information content (AvgIpc) is 3.12. The third-order valence-electron chi connectivity index (χ3n) is 5.12. The number of benzene rings is 2. The van der Waals surface area contributed by atoms with E-state index >= 15 is 0 Å². The molecule has 3 rings (SSSR count). The summed E-state index contributed by atoms with van der Waals surface area (Å²) < 4.78 is 0. The van der Waals surface area contributed by atoms with E-state index in [0.29, 0.717) is 17.5 Å². The molecule has 0 aliphatic heterocycles. The van der Waals surface area contributed by atoms with E-state index in [4.69, 9.17) is 0 Å². The van der Waals surface area contributed by atoms with Crippen molar-refractivity contribution in [2.24, 2.45) is 0 Å². The van der Waals surface area contributed by atoms with Gasteiger partial charge in [0.25, 0.3) is 0 Å². The topological polar surface area (TPSA) is 62.0 Å². The molecule has 1 heterocycles. The lowest BCUT2D eigenvalue weighted by molar-refractivity contribution is 0.0951. The summed E-state index contributed by atoms with van der Waals surface area (Å²) in [6.45, 7) is 6.71. The minimum Gasteiger partial charge on any atom is -0.360 e. The minimum absolute atomic E-state index is 0.0581. The Morgan fingerprint density at radius 2 is 1.86 bits per heavy atom. The van der Waals surface area contributed by atoms with E-state index in [1.165, 1.54) is 11.1 Å². The summed E-state index contributed by atoms with van der Waals surface area (Å²) in [6.07, 6.45) is 4.00. The molecule has 3 aromatic rings. The second kappa shape index (κ2) is 8.98. The van der Waals surface area contributed by atoms with E-state index < -0.39 is 0 Å². The predicted molar refractivity (Wildman–Crippen MR) is 114 cm³/mol. The summed E-state index contributed by atoms with van der Waals surface area (Å²) in [5.74, 6) is 0.195. The SMILES string of the molecule is CCCC(=O)c1ccc2c(C(=O)[C@@H](C)NCCc3ccc(C)cc3)c[nH]c2c1. The molecule has 0 bridgehead atoms. The van der Waals surface area contributed by atoms with E-state index in [-0.39, 0.29) is 17.6 Å². The number of ketones is 2. The normalized spacial score (nSPS) is 12.2. The van der Waals surface area contributed by atoms with Crippen molar-refractivity contribution >= 4 is 22.5 Å². The van der Waals surface area contributed by atoms with Gasteiger partial charge in [-0.25, -0.2) is 0 Å². The van der Waals surface area contributed by atoms with Crippen LogP contribution in [0, 0.1) is 6.92 Å². The quantitative estimate of drug-likeness (QED) is 0.524. The number of aromatic nitrogens is 1. The molecule has 0 radical (unpaired) electrons. The number of carbonyl (C=O) groups excluding carboxylic acids is 2. The van der Waals surface area contributed by atoms with Crippen LogP contribution in [0.4, 0.5) is 0 Å². The van der Waals surface area contributed by atoms with Gasteiger partial charge in [0, 0.05) is 34.6 Å². The van der Waals surface area contributed by atoms with Gasteiger partial charge in [0.15, 0.2) is 11.6 Å². The van der Waals surface area contributed by atoms with Gasteiger partial charge >= 0.3 is 0 Å². The summed E-state index contributed by atoms with van der Waals surface area (Å²) in [4.78, 5) is 28.1. The Labute approximate surface area is 166 Å². The first-order chi connectivity index (χ1) is 13.5. The Morgan fingerprint density at radius 3 is 2.57 bits per heavy atom. The maximum absolute atomic E-state index is 12.9. The molecule has 0 aliphatic carbocycles. The Hall–Kier alpha value is -2.72. The molecule has 146 valence electrons. The number of rotatable bonds is 9. The van der Waals surface area contributed by atoms with Crippen LogP contribution in [0.2, 0.25) is 0 Å². The van der Waals surface area contributed by atoms with Crippen molar-refractivity contribution in [3.63, 3.8) is 0 Å². The van der Waals surface area contributed by atoms with Crippen LogP contribution in [0.25, 0.3) is 10.9 Å². The Balaban J connectivity index is 1.65. The van der Waals surface area contributed by atoms with Gasteiger partial charge in [-0.1, -0.05) is 48.9 Å². The molecule has 0 amide bonds. The fraction of sp³-hybridized carbons (Fsp3) is 0.333. The number of fused-ring (bicyclic) bond motifs is 1. The lowest BCUT2D eigenvalue weighted by atomic mass is 10.0. The molecule has 0 saturated carbocycles. The van der Waals surface area contributed by atoms with Crippen molar-refractivity contribution in [2.75, 3.05) is 6.54 Å². The van der Waals surface area contributed by atoms with Crippen LogP contribution >= 0.6 is 0 Å². The van der Waals surface area contributed by atoms with E-state index in [9.17, 15) is 9.59 Å². The van der Waals surface area contributed by atoms with E-state index in [1.807, 2.05) is 32.0 Å². The monoisotopic (exact) mass is 376 g/mol. The van der Waals surface area contributed by atoms with E-state index in [2.05, 4.69) is 41.5 Å². The largest absolute Gasteiger partial charge is 0.360 e. The van der Waals surface area contributed by atoms with Crippen LogP contribution < -0.4 is 5.32 Å². The van der Waals surface area contributed by atoms with Gasteiger partial charge in [0.1, 0.15) is 0 Å². The van der Waals surface area contributed by atoms with Gasteiger partial charge in [-0.05, 0) is 44.9 Å². The Bertz CT molecular complexity index is 970. The molecule has 0 spiro atoms. The van der Waals surface area contributed by atoms with Crippen LogP contribution in [-0.4, -0.2) is 29.1 Å². The summed E-state index contributed by atoms with van der Waals surface area (Å²) in [7, 11) is 0. The molecule has 2 aromatic carbocycles. The first-order valence-electron chi connectivity index (χ1n) is 9.97. The molecule has 0 fully saturated rings. The molecule has 0 saturated heterocycles. The summed E-state index contributed by atoms with van der Waals surface area (Å²) in [5.41, 5.74) is 4.70. The Kier molecular flexibility index (Phi) is 6.42. The number of carbonyl (C=O) groups is 2. The average molecular weight is 376 g/mol. The number of Topliss-reactive ketones (excluding diaryl/α,β-unsaturated/α-hetero) is 2. The van der Waals surface area contributed by atoms with Crippen LogP contribution in [0.15, 0.2) is 48.7 Å². The van der Waals surface area contributed by atoms with Crippen molar-refractivity contribution in [1.82, 2.24) is 10.3 Å². The van der Waals surface area contributed by atoms with Crippen molar-refractivity contribution in [2.45, 2.75) is 46.1 Å². The standard InChI is InChI=1S/C24H28N2O2/c1-4-5-23(27)19-10-11-20-21(15-26-22(20)14-19)24(28)17(3)25-13-12-18-8-6-16(2)7-9-18/h6-11,14-15,17,25-26H,4-5,12-13H2,1-3H3/t17-/m1/s1. The van der Waals surface area contributed by atoms with Gasteiger partial charge in [-0.3, -0.25) is 9.59 Å². The highest BCUT2D eigenvalue weighted by molar-refractivity contribution is 6.11. The van der Waals surface area contributed by atoms with Crippen molar-refractivity contribution in [3.05, 3.63) is 70.9 Å². The number of aromatic amines is 1. The van der Waals surface area contributed by atoms with Gasteiger partial charge in [-0.15, -0.1) is 0 Å². The molecule has 1 atom stereocenters. The second-order valence-corrected chi connectivity index (χ2v) is 7.41. The fourth-order valence-corrected chi connectivity index (χ4v) is 3.39. The first kappa shape index (κ1) is 20.0. The third kappa shape index (κ3) is 4.57. The number of nitrogens with one attached hydrogen (secondary N) is 2.